The van der Waals surface area contributed by atoms with Gasteiger partial charge in [0.1, 0.15) is 5.01 Å². The zero-order chi connectivity index (χ0) is 20.9. The van der Waals surface area contributed by atoms with E-state index in [4.69, 9.17) is 16.6 Å². The first-order valence-electron chi connectivity index (χ1n) is 9.07. The highest BCUT2D eigenvalue weighted by Crippen LogP contribution is 2.30. The zero-order valence-electron chi connectivity index (χ0n) is 16.0. The van der Waals surface area contributed by atoms with E-state index in [1.165, 1.54) is 34.4 Å². The van der Waals surface area contributed by atoms with Crippen LogP contribution in [0.2, 0.25) is 5.02 Å². The number of anilines is 1. The lowest BCUT2D eigenvalue weighted by molar-refractivity contribution is -0.116. The molecule has 2 heterocycles. The molecule has 0 unspecified atom stereocenters. The molecule has 0 aliphatic carbocycles. The van der Waals surface area contributed by atoms with Crippen LogP contribution in [0.3, 0.4) is 0 Å². The summed E-state index contributed by atoms with van der Waals surface area (Å²) in [4.78, 5) is 19.6. The summed E-state index contributed by atoms with van der Waals surface area (Å²) in [6.07, 6.45) is 0. The Morgan fingerprint density at radius 2 is 1.87 bits per heavy atom. The molecule has 2 aromatic carbocycles. The van der Waals surface area contributed by atoms with Crippen LogP contribution in [0.4, 0.5) is 5.13 Å². The van der Waals surface area contributed by atoms with Crippen molar-refractivity contribution in [3.63, 3.8) is 0 Å². The van der Waals surface area contributed by atoms with Crippen molar-refractivity contribution in [1.29, 1.82) is 0 Å². The van der Waals surface area contributed by atoms with Crippen molar-refractivity contribution in [2.24, 2.45) is 0 Å². The van der Waals surface area contributed by atoms with E-state index in [-0.39, 0.29) is 11.7 Å². The monoisotopic (exact) mass is 472 g/mol. The maximum absolute atomic E-state index is 13.1. The summed E-state index contributed by atoms with van der Waals surface area (Å²) in [6.45, 7) is 2.36. The van der Waals surface area contributed by atoms with Gasteiger partial charge in [0.05, 0.1) is 18.0 Å². The maximum Gasteiger partial charge on any atom is 0.239 e. The molecule has 0 aliphatic rings. The Labute approximate surface area is 191 Å². The molecule has 1 amide bonds. The number of hydrogen-bond acceptors (Lipinski definition) is 7. The van der Waals surface area contributed by atoms with Gasteiger partial charge in [-0.3, -0.25) is 9.69 Å². The number of aryl methyl sites for hydroxylation is 1. The van der Waals surface area contributed by atoms with E-state index in [0.29, 0.717) is 16.7 Å². The standard InChI is InChI=1S/C21H17ClN4OS3/c1-14-24-25-21(30-14)29-13-19(27)26(11-15-5-3-2-4-6-15)20-23-18(12-28-20)16-7-9-17(22)10-8-16/h2-10,12H,11,13H2,1H3. The Hall–Kier alpha value is -2.26. The molecule has 0 saturated carbocycles. The number of rotatable bonds is 7. The molecule has 0 radical (unpaired) electrons. The Balaban J connectivity index is 1.56. The molecule has 4 aromatic rings. The molecule has 0 aliphatic heterocycles. The number of halogens is 1. The number of carbonyl (C=O) groups excluding carboxylic acids is 1. The van der Waals surface area contributed by atoms with Crippen molar-refractivity contribution >= 4 is 57.1 Å². The van der Waals surface area contributed by atoms with Gasteiger partial charge in [-0.05, 0) is 24.6 Å². The van der Waals surface area contributed by atoms with Gasteiger partial charge in [-0.25, -0.2) is 4.98 Å². The lowest BCUT2D eigenvalue weighted by atomic mass is 10.2. The largest absolute Gasteiger partial charge is 0.283 e. The predicted octanol–water partition coefficient (Wildman–Crippen LogP) is 5.95. The second-order valence-electron chi connectivity index (χ2n) is 6.36. The lowest BCUT2D eigenvalue weighted by Gasteiger charge is -2.19. The fourth-order valence-corrected chi connectivity index (χ4v) is 5.38. The van der Waals surface area contributed by atoms with Crippen LogP contribution in [0.25, 0.3) is 11.3 Å². The third-order valence-corrected chi connectivity index (χ3v) is 7.25. The number of benzene rings is 2. The van der Waals surface area contributed by atoms with Crippen LogP contribution in [0, 0.1) is 6.92 Å². The molecule has 4 rings (SSSR count). The maximum atomic E-state index is 13.1. The summed E-state index contributed by atoms with van der Waals surface area (Å²) in [6, 6.07) is 17.5. The SMILES string of the molecule is Cc1nnc(SCC(=O)N(Cc2ccccc2)c2nc(-c3ccc(Cl)cc3)cs2)s1. The highest BCUT2D eigenvalue weighted by Gasteiger charge is 2.21. The van der Waals surface area contributed by atoms with Gasteiger partial charge in [0.2, 0.25) is 5.91 Å². The van der Waals surface area contributed by atoms with E-state index < -0.39 is 0 Å². The minimum atomic E-state index is -0.0197. The van der Waals surface area contributed by atoms with Crippen molar-refractivity contribution in [1.82, 2.24) is 15.2 Å². The van der Waals surface area contributed by atoms with Gasteiger partial charge in [-0.1, -0.05) is 77.2 Å². The van der Waals surface area contributed by atoms with E-state index in [1.807, 2.05) is 66.9 Å². The average molecular weight is 473 g/mol. The van der Waals surface area contributed by atoms with Gasteiger partial charge >= 0.3 is 0 Å². The third-order valence-electron chi connectivity index (χ3n) is 4.17. The molecule has 9 heteroatoms. The van der Waals surface area contributed by atoms with Crippen molar-refractivity contribution < 1.29 is 4.79 Å². The Bertz CT molecular complexity index is 1130. The fraction of sp³-hybridized carbons (Fsp3) is 0.143. The van der Waals surface area contributed by atoms with E-state index in [2.05, 4.69) is 10.2 Å². The van der Waals surface area contributed by atoms with Crippen LogP contribution in [0.1, 0.15) is 10.6 Å². The van der Waals surface area contributed by atoms with E-state index in [0.717, 1.165) is 26.2 Å². The zero-order valence-corrected chi connectivity index (χ0v) is 19.2. The van der Waals surface area contributed by atoms with Crippen molar-refractivity contribution in [3.8, 4) is 11.3 Å². The van der Waals surface area contributed by atoms with Gasteiger partial charge in [0, 0.05) is 16.0 Å². The van der Waals surface area contributed by atoms with Crippen LogP contribution in [-0.2, 0) is 11.3 Å². The van der Waals surface area contributed by atoms with Crippen molar-refractivity contribution in [3.05, 3.63) is 75.6 Å². The predicted molar refractivity (Wildman–Crippen MR) is 126 cm³/mol. The topological polar surface area (TPSA) is 59.0 Å². The number of nitrogens with zero attached hydrogens (tertiary/aromatic N) is 4. The number of thioether (sulfide) groups is 1. The minimum absolute atomic E-state index is 0.0197. The molecule has 0 N–H and O–H groups in total. The molecule has 0 spiro atoms. The molecule has 0 atom stereocenters. The number of aromatic nitrogens is 3. The second-order valence-corrected chi connectivity index (χ2v) is 10.0. The van der Waals surface area contributed by atoms with E-state index in [9.17, 15) is 4.79 Å². The quantitative estimate of drug-likeness (QED) is 0.311. The number of amides is 1. The summed E-state index contributed by atoms with van der Waals surface area (Å²) >= 11 is 10.3. The molecular weight excluding hydrogens is 456 g/mol. The third kappa shape index (κ3) is 5.26. The summed E-state index contributed by atoms with van der Waals surface area (Å²) < 4.78 is 0.793. The fourth-order valence-electron chi connectivity index (χ4n) is 2.71. The van der Waals surface area contributed by atoms with Gasteiger partial charge in [-0.2, -0.15) is 0 Å². The van der Waals surface area contributed by atoms with Gasteiger partial charge in [-0.15, -0.1) is 21.5 Å². The van der Waals surface area contributed by atoms with E-state index in [1.54, 1.807) is 4.90 Å². The first-order valence-corrected chi connectivity index (χ1v) is 12.1. The van der Waals surface area contributed by atoms with Crippen LogP contribution < -0.4 is 4.90 Å². The molecule has 5 nitrogen and oxygen atoms in total. The van der Waals surface area contributed by atoms with Gasteiger partial charge in [0.15, 0.2) is 9.47 Å². The number of thiazole rings is 1. The summed E-state index contributed by atoms with van der Waals surface area (Å²) in [5.41, 5.74) is 2.84. The van der Waals surface area contributed by atoms with Gasteiger partial charge in [0.25, 0.3) is 0 Å². The molecular formula is C21H17ClN4OS3. The lowest BCUT2D eigenvalue weighted by Crippen LogP contribution is -2.31. The molecule has 0 bridgehead atoms. The van der Waals surface area contributed by atoms with Crippen LogP contribution >= 0.6 is 46.0 Å². The molecule has 30 heavy (non-hydrogen) atoms. The van der Waals surface area contributed by atoms with E-state index >= 15 is 0 Å². The second kappa shape index (κ2) is 9.70. The summed E-state index contributed by atoms with van der Waals surface area (Å²) in [7, 11) is 0. The van der Waals surface area contributed by atoms with Gasteiger partial charge < -0.3 is 0 Å². The van der Waals surface area contributed by atoms with Crippen molar-refractivity contribution in [2.45, 2.75) is 17.8 Å². The summed E-state index contributed by atoms with van der Waals surface area (Å²) in [5, 5.41) is 12.3. The Morgan fingerprint density at radius 1 is 1.10 bits per heavy atom. The average Bonchev–Trinajstić information content (AvgIpc) is 3.41. The summed E-state index contributed by atoms with van der Waals surface area (Å²) in [5.74, 6) is 0.255. The Kier molecular flexibility index (Phi) is 6.79. The smallest absolute Gasteiger partial charge is 0.239 e. The first-order chi connectivity index (χ1) is 14.6. The first kappa shape index (κ1) is 21.0. The molecule has 0 fully saturated rings. The molecule has 152 valence electrons. The Morgan fingerprint density at radius 3 is 2.57 bits per heavy atom. The van der Waals surface area contributed by atoms with Crippen LogP contribution in [0.5, 0.6) is 0 Å². The molecule has 2 aromatic heterocycles. The van der Waals surface area contributed by atoms with Crippen molar-refractivity contribution in [2.75, 3.05) is 10.7 Å². The van der Waals surface area contributed by atoms with Crippen LogP contribution in [-0.4, -0.2) is 26.8 Å². The normalized spacial score (nSPS) is 10.9. The number of hydrogen-bond donors (Lipinski definition) is 0. The molecule has 0 saturated heterocycles. The van der Waals surface area contributed by atoms with Crippen LogP contribution in [0.15, 0.2) is 64.3 Å². The number of carbonyl (C=O) groups is 1. The highest BCUT2D eigenvalue weighted by atomic mass is 35.5. The minimum Gasteiger partial charge on any atom is -0.283 e. The highest BCUT2D eigenvalue weighted by molar-refractivity contribution is 8.01.